The van der Waals surface area contributed by atoms with E-state index in [1.165, 1.54) is 21.1 Å². The van der Waals surface area contributed by atoms with E-state index in [1.807, 2.05) is 5.43 Å². The summed E-state index contributed by atoms with van der Waals surface area (Å²) >= 11 is 0. The molecular formula is C10H18N4O3S. The van der Waals surface area contributed by atoms with Crippen LogP contribution in [0.4, 0.5) is 0 Å². The molecule has 0 aromatic carbocycles. The highest BCUT2D eigenvalue weighted by molar-refractivity contribution is 7.89. The molecule has 0 bridgehead atoms. The minimum Gasteiger partial charge on any atom is -0.345 e. The molecule has 0 spiro atoms. The van der Waals surface area contributed by atoms with E-state index in [4.69, 9.17) is 5.84 Å². The number of nitrogens with one attached hydrogen (secondary N) is 1. The lowest BCUT2D eigenvalue weighted by Crippen LogP contribution is -2.31. The van der Waals surface area contributed by atoms with Crippen molar-refractivity contribution in [1.29, 1.82) is 0 Å². The number of nitrogen functional groups attached to an aromatic ring is 1. The van der Waals surface area contributed by atoms with Crippen LogP contribution >= 0.6 is 0 Å². The SMILES string of the molecule is CCN(CC)S(=O)(=O)c1cc(C(=O)NN)n(C)c1. The smallest absolute Gasteiger partial charge is 0.281 e. The van der Waals surface area contributed by atoms with E-state index in [1.54, 1.807) is 20.9 Å². The number of carbonyl (C=O) groups excluding carboxylic acids is 1. The predicted octanol–water partition coefficient (Wildman–Crippen LogP) is -0.341. The van der Waals surface area contributed by atoms with Crippen molar-refractivity contribution in [2.45, 2.75) is 18.7 Å². The summed E-state index contributed by atoms with van der Waals surface area (Å²) in [7, 11) is -1.96. The molecule has 1 aromatic heterocycles. The lowest BCUT2D eigenvalue weighted by atomic mass is 10.4. The van der Waals surface area contributed by atoms with Crippen molar-refractivity contribution in [3.05, 3.63) is 18.0 Å². The Morgan fingerprint density at radius 2 is 2.00 bits per heavy atom. The number of carbonyl (C=O) groups is 1. The normalized spacial score (nSPS) is 11.8. The van der Waals surface area contributed by atoms with Gasteiger partial charge >= 0.3 is 0 Å². The zero-order valence-corrected chi connectivity index (χ0v) is 11.5. The maximum absolute atomic E-state index is 12.2. The van der Waals surface area contributed by atoms with Crippen LogP contribution in [0.5, 0.6) is 0 Å². The Morgan fingerprint density at radius 3 is 2.44 bits per heavy atom. The Balaban J connectivity index is 3.23. The number of nitrogens with zero attached hydrogens (tertiary/aromatic N) is 2. The molecule has 0 saturated heterocycles. The van der Waals surface area contributed by atoms with Gasteiger partial charge in [0.15, 0.2) is 0 Å². The second kappa shape index (κ2) is 5.51. The molecule has 1 aromatic rings. The van der Waals surface area contributed by atoms with E-state index in [0.29, 0.717) is 13.1 Å². The Hall–Kier alpha value is -1.38. The van der Waals surface area contributed by atoms with Crippen molar-refractivity contribution in [1.82, 2.24) is 14.3 Å². The summed E-state index contributed by atoms with van der Waals surface area (Å²) in [5.41, 5.74) is 2.17. The molecule has 0 unspecified atom stereocenters. The molecule has 0 aliphatic heterocycles. The minimum atomic E-state index is -3.55. The van der Waals surface area contributed by atoms with E-state index in [9.17, 15) is 13.2 Å². The van der Waals surface area contributed by atoms with Gasteiger partial charge in [-0.15, -0.1) is 0 Å². The highest BCUT2D eigenvalue weighted by Crippen LogP contribution is 2.18. The maximum atomic E-state index is 12.2. The van der Waals surface area contributed by atoms with Crippen LogP contribution in [0.2, 0.25) is 0 Å². The third kappa shape index (κ3) is 2.55. The summed E-state index contributed by atoms with van der Waals surface area (Å²) in [5.74, 6) is 4.50. The number of sulfonamides is 1. The van der Waals surface area contributed by atoms with Gasteiger partial charge in [-0.1, -0.05) is 13.8 Å². The van der Waals surface area contributed by atoms with Gasteiger partial charge < -0.3 is 4.57 Å². The molecule has 0 atom stereocenters. The van der Waals surface area contributed by atoms with Gasteiger partial charge in [-0.2, -0.15) is 4.31 Å². The number of aromatic nitrogens is 1. The van der Waals surface area contributed by atoms with Crippen molar-refractivity contribution >= 4 is 15.9 Å². The standard InChI is InChI=1S/C10H18N4O3S/c1-4-14(5-2)18(16,17)8-6-9(10(15)12-11)13(3)7-8/h6-7H,4-5,11H2,1-3H3,(H,12,15). The topological polar surface area (TPSA) is 97.4 Å². The molecule has 0 radical (unpaired) electrons. The fraction of sp³-hybridized carbons (Fsp3) is 0.500. The summed E-state index contributed by atoms with van der Waals surface area (Å²) < 4.78 is 27.2. The van der Waals surface area contributed by atoms with Gasteiger partial charge in [0.05, 0.1) is 0 Å². The fourth-order valence-corrected chi connectivity index (χ4v) is 3.22. The second-order valence-corrected chi connectivity index (χ2v) is 5.67. The molecule has 3 N–H and O–H groups in total. The van der Waals surface area contributed by atoms with E-state index >= 15 is 0 Å². The van der Waals surface area contributed by atoms with Crippen molar-refractivity contribution < 1.29 is 13.2 Å². The summed E-state index contributed by atoms with van der Waals surface area (Å²) in [4.78, 5) is 11.5. The fourth-order valence-electron chi connectivity index (χ4n) is 1.69. The molecule has 1 heterocycles. The van der Waals surface area contributed by atoms with Crippen LogP contribution in [0.15, 0.2) is 17.2 Å². The van der Waals surface area contributed by atoms with E-state index < -0.39 is 15.9 Å². The Kier molecular flexibility index (Phi) is 4.49. The quantitative estimate of drug-likeness (QED) is 0.436. The van der Waals surface area contributed by atoms with Crippen LogP contribution in [0, 0.1) is 0 Å². The summed E-state index contributed by atoms with van der Waals surface area (Å²) in [5, 5.41) is 0. The van der Waals surface area contributed by atoms with Crippen LogP contribution < -0.4 is 11.3 Å². The summed E-state index contributed by atoms with van der Waals surface area (Å²) in [6, 6.07) is 1.32. The van der Waals surface area contributed by atoms with Gasteiger partial charge in [0.25, 0.3) is 5.91 Å². The number of hydrogen-bond donors (Lipinski definition) is 2. The van der Waals surface area contributed by atoms with Crippen LogP contribution in [0.1, 0.15) is 24.3 Å². The third-order valence-electron chi connectivity index (χ3n) is 2.69. The molecule has 0 aliphatic rings. The number of hydrazine groups is 1. The van der Waals surface area contributed by atoms with E-state index in [-0.39, 0.29) is 10.6 Å². The second-order valence-electron chi connectivity index (χ2n) is 3.73. The lowest BCUT2D eigenvalue weighted by molar-refractivity contribution is 0.0945. The highest BCUT2D eigenvalue weighted by Gasteiger charge is 2.25. The lowest BCUT2D eigenvalue weighted by Gasteiger charge is -2.17. The molecule has 0 aliphatic carbocycles. The van der Waals surface area contributed by atoms with Gasteiger partial charge in [0.1, 0.15) is 10.6 Å². The number of amides is 1. The van der Waals surface area contributed by atoms with Gasteiger partial charge in [0.2, 0.25) is 10.0 Å². The van der Waals surface area contributed by atoms with Crippen molar-refractivity contribution in [3.63, 3.8) is 0 Å². The van der Waals surface area contributed by atoms with Crippen LogP contribution in [-0.4, -0.2) is 36.3 Å². The molecule has 18 heavy (non-hydrogen) atoms. The third-order valence-corrected chi connectivity index (χ3v) is 4.70. The molecule has 8 heteroatoms. The number of nitrogens with two attached hydrogens (primary N) is 1. The predicted molar refractivity (Wildman–Crippen MR) is 67.2 cm³/mol. The van der Waals surface area contributed by atoms with Gasteiger partial charge in [-0.3, -0.25) is 10.2 Å². The zero-order chi connectivity index (χ0) is 13.9. The average Bonchev–Trinajstić information content (AvgIpc) is 2.72. The first-order valence-electron chi connectivity index (χ1n) is 5.55. The molecule has 1 rings (SSSR count). The molecule has 102 valence electrons. The Morgan fingerprint density at radius 1 is 1.44 bits per heavy atom. The van der Waals surface area contributed by atoms with Crippen LogP contribution in [0.25, 0.3) is 0 Å². The maximum Gasteiger partial charge on any atom is 0.281 e. The number of hydrogen-bond acceptors (Lipinski definition) is 4. The average molecular weight is 274 g/mol. The first kappa shape index (κ1) is 14.7. The van der Waals surface area contributed by atoms with Crippen molar-refractivity contribution in [2.24, 2.45) is 12.9 Å². The van der Waals surface area contributed by atoms with E-state index in [2.05, 4.69) is 0 Å². The summed E-state index contributed by atoms with van der Waals surface area (Å²) in [6.07, 6.45) is 1.40. The van der Waals surface area contributed by atoms with Crippen LogP contribution in [0.3, 0.4) is 0 Å². The first-order valence-corrected chi connectivity index (χ1v) is 6.99. The van der Waals surface area contributed by atoms with Gasteiger partial charge in [0, 0.05) is 26.3 Å². The number of rotatable bonds is 5. The monoisotopic (exact) mass is 274 g/mol. The molecule has 0 saturated carbocycles. The Bertz CT molecular complexity index is 531. The largest absolute Gasteiger partial charge is 0.345 e. The number of aryl methyl sites for hydroxylation is 1. The summed E-state index contributed by atoms with van der Waals surface area (Å²) in [6.45, 7) is 4.28. The zero-order valence-electron chi connectivity index (χ0n) is 10.7. The van der Waals surface area contributed by atoms with Crippen molar-refractivity contribution in [3.8, 4) is 0 Å². The molecule has 0 fully saturated rings. The Labute approximate surface area is 107 Å². The first-order chi connectivity index (χ1) is 8.38. The minimum absolute atomic E-state index is 0.0901. The molecule has 1 amide bonds. The molecule has 7 nitrogen and oxygen atoms in total. The van der Waals surface area contributed by atoms with Gasteiger partial charge in [-0.25, -0.2) is 14.3 Å². The van der Waals surface area contributed by atoms with Gasteiger partial charge in [-0.05, 0) is 6.07 Å². The highest BCUT2D eigenvalue weighted by atomic mass is 32.2. The van der Waals surface area contributed by atoms with Crippen LogP contribution in [-0.2, 0) is 17.1 Å². The van der Waals surface area contributed by atoms with E-state index in [0.717, 1.165) is 0 Å². The molecular weight excluding hydrogens is 256 g/mol. The van der Waals surface area contributed by atoms with Crippen molar-refractivity contribution in [2.75, 3.05) is 13.1 Å².